The Labute approximate surface area is 133 Å². The summed E-state index contributed by atoms with van der Waals surface area (Å²) in [7, 11) is 0. The number of aromatic nitrogens is 2. The number of para-hydroxylation sites is 1. The van der Waals surface area contributed by atoms with Crippen molar-refractivity contribution in [2.24, 2.45) is 0 Å². The molecule has 4 rings (SSSR count). The maximum Gasteiger partial charge on any atom is 0.156 e. The first-order valence-electron chi connectivity index (χ1n) is 7.39. The highest BCUT2D eigenvalue weighted by atomic mass is 16.3. The Morgan fingerprint density at radius 2 is 1.83 bits per heavy atom. The standard InChI is InChI=1S/C19H14N2O2/c22-13-16-12-21(11-14-6-2-1-3-7-14)20-19(16)18-10-15-8-4-5-9-17(15)23-18/h1-10,12-13H,11H2. The van der Waals surface area contributed by atoms with E-state index in [1.807, 2.05) is 60.7 Å². The molecule has 0 N–H and O–H groups in total. The van der Waals surface area contributed by atoms with Gasteiger partial charge in [0.2, 0.25) is 0 Å². The number of fused-ring (bicyclic) bond motifs is 1. The van der Waals surface area contributed by atoms with Crippen molar-refractivity contribution in [2.45, 2.75) is 6.54 Å². The minimum Gasteiger partial charge on any atom is -0.454 e. The van der Waals surface area contributed by atoms with Crippen LogP contribution in [0.1, 0.15) is 15.9 Å². The van der Waals surface area contributed by atoms with Gasteiger partial charge in [-0.1, -0.05) is 48.5 Å². The molecule has 112 valence electrons. The van der Waals surface area contributed by atoms with Crippen LogP contribution < -0.4 is 0 Å². The van der Waals surface area contributed by atoms with Crippen molar-refractivity contribution in [3.05, 3.63) is 78.0 Å². The Hall–Kier alpha value is -3.14. The van der Waals surface area contributed by atoms with Crippen LogP contribution in [0.2, 0.25) is 0 Å². The number of furan rings is 1. The van der Waals surface area contributed by atoms with Gasteiger partial charge >= 0.3 is 0 Å². The third-order valence-corrected chi connectivity index (χ3v) is 3.76. The molecule has 2 heterocycles. The summed E-state index contributed by atoms with van der Waals surface area (Å²) in [6.07, 6.45) is 2.57. The number of hydrogen-bond donors (Lipinski definition) is 0. The molecule has 4 heteroatoms. The molecule has 0 radical (unpaired) electrons. The fourth-order valence-corrected chi connectivity index (χ4v) is 2.66. The van der Waals surface area contributed by atoms with Gasteiger partial charge in [-0.2, -0.15) is 5.10 Å². The molecule has 2 aromatic heterocycles. The predicted octanol–water partition coefficient (Wildman–Crippen LogP) is 4.16. The smallest absolute Gasteiger partial charge is 0.156 e. The molecule has 0 unspecified atom stereocenters. The van der Waals surface area contributed by atoms with E-state index in [0.717, 1.165) is 22.8 Å². The van der Waals surface area contributed by atoms with E-state index in [4.69, 9.17) is 4.42 Å². The molecule has 0 amide bonds. The minimum absolute atomic E-state index is 0.528. The monoisotopic (exact) mass is 302 g/mol. The number of nitrogens with zero attached hydrogens (tertiary/aromatic N) is 2. The van der Waals surface area contributed by atoms with Gasteiger partial charge in [0.15, 0.2) is 12.0 Å². The van der Waals surface area contributed by atoms with E-state index in [-0.39, 0.29) is 0 Å². The van der Waals surface area contributed by atoms with Gasteiger partial charge in [0.05, 0.1) is 12.1 Å². The van der Waals surface area contributed by atoms with Gasteiger partial charge in [-0.15, -0.1) is 0 Å². The van der Waals surface area contributed by atoms with E-state index < -0.39 is 0 Å². The molecule has 23 heavy (non-hydrogen) atoms. The number of aldehydes is 1. The van der Waals surface area contributed by atoms with Crippen molar-refractivity contribution in [1.29, 1.82) is 0 Å². The Bertz CT molecular complexity index is 934. The quantitative estimate of drug-likeness (QED) is 0.532. The maximum atomic E-state index is 11.4. The molecule has 0 saturated heterocycles. The van der Waals surface area contributed by atoms with E-state index in [1.54, 1.807) is 10.9 Å². The summed E-state index contributed by atoms with van der Waals surface area (Å²) in [4.78, 5) is 11.4. The lowest BCUT2D eigenvalue weighted by Crippen LogP contribution is -1.99. The van der Waals surface area contributed by atoms with Crippen LogP contribution in [0.4, 0.5) is 0 Å². The third kappa shape index (κ3) is 2.55. The highest BCUT2D eigenvalue weighted by Crippen LogP contribution is 2.28. The fourth-order valence-electron chi connectivity index (χ4n) is 2.66. The number of hydrogen-bond acceptors (Lipinski definition) is 3. The van der Waals surface area contributed by atoms with Crippen molar-refractivity contribution in [1.82, 2.24) is 9.78 Å². The van der Waals surface area contributed by atoms with E-state index in [2.05, 4.69) is 5.10 Å². The molecule has 4 nitrogen and oxygen atoms in total. The number of benzene rings is 2. The summed E-state index contributed by atoms with van der Waals surface area (Å²) in [6, 6.07) is 19.7. The van der Waals surface area contributed by atoms with Gasteiger partial charge in [0.25, 0.3) is 0 Å². The first-order chi connectivity index (χ1) is 11.3. The van der Waals surface area contributed by atoms with Gasteiger partial charge in [0, 0.05) is 11.6 Å². The maximum absolute atomic E-state index is 11.4. The summed E-state index contributed by atoms with van der Waals surface area (Å²) in [5, 5.41) is 5.53. The van der Waals surface area contributed by atoms with Gasteiger partial charge in [-0.3, -0.25) is 9.48 Å². The zero-order chi connectivity index (χ0) is 15.6. The molecule has 0 spiro atoms. The Balaban J connectivity index is 1.74. The fraction of sp³-hybridized carbons (Fsp3) is 0.0526. The van der Waals surface area contributed by atoms with E-state index in [0.29, 0.717) is 23.6 Å². The number of rotatable bonds is 4. The molecular formula is C19H14N2O2. The van der Waals surface area contributed by atoms with Crippen LogP contribution >= 0.6 is 0 Å². The summed E-state index contributed by atoms with van der Waals surface area (Å²) in [5.74, 6) is 0.611. The van der Waals surface area contributed by atoms with Crippen molar-refractivity contribution in [2.75, 3.05) is 0 Å². The third-order valence-electron chi connectivity index (χ3n) is 3.76. The Kier molecular flexibility index (Phi) is 3.27. The second kappa shape index (κ2) is 5.57. The lowest BCUT2D eigenvalue weighted by molar-refractivity contribution is 0.112. The Morgan fingerprint density at radius 3 is 2.61 bits per heavy atom. The molecule has 0 atom stereocenters. The summed E-state index contributed by atoms with van der Waals surface area (Å²) in [6.45, 7) is 0.613. The van der Waals surface area contributed by atoms with Crippen molar-refractivity contribution >= 4 is 17.3 Å². The zero-order valence-corrected chi connectivity index (χ0v) is 12.3. The lowest BCUT2D eigenvalue weighted by Gasteiger charge is -2.00. The SMILES string of the molecule is O=Cc1cn(Cc2ccccc2)nc1-c1cc2ccccc2o1. The summed E-state index contributed by atoms with van der Waals surface area (Å²) >= 11 is 0. The van der Waals surface area contributed by atoms with E-state index >= 15 is 0 Å². The van der Waals surface area contributed by atoms with E-state index in [1.165, 1.54) is 0 Å². The molecule has 0 aliphatic carbocycles. The van der Waals surface area contributed by atoms with Crippen LogP contribution in [0, 0.1) is 0 Å². The summed E-state index contributed by atoms with van der Waals surface area (Å²) < 4.78 is 7.59. The molecule has 0 aliphatic heterocycles. The van der Waals surface area contributed by atoms with Crippen molar-refractivity contribution < 1.29 is 9.21 Å². The van der Waals surface area contributed by atoms with Crippen LogP contribution in [0.25, 0.3) is 22.4 Å². The van der Waals surface area contributed by atoms with Gasteiger partial charge < -0.3 is 4.42 Å². The highest BCUT2D eigenvalue weighted by Gasteiger charge is 2.15. The highest BCUT2D eigenvalue weighted by molar-refractivity contribution is 5.88. The molecule has 4 aromatic rings. The Morgan fingerprint density at radius 1 is 1.04 bits per heavy atom. The van der Waals surface area contributed by atoms with Crippen LogP contribution in [0.3, 0.4) is 0 Å². The first-order valence-corrected chi connectivity index (χ1v) is 7.39. The largest absolute Gasteiger partial charge is 0.454 e. The molecular weight excluding hydrogens is 288 g/mol. The van der Waals surface area contributed by atoms with Gasteiger partial charge in [0.1, 0.15) is 11.3 Å². The first kappa shape index (κ1) is 13.5. The average Bonchev–Trinajstić information content (AvgIpc) is 3.19. The number of carbonyl (C=O) groups is 1. The van der Waals surface area contributed by atoms with Crippen LogP contribution in [0.5, 0.6) is 0 Å². The lowest BCUT2D eigenvalue weighted by atomic mass is 10.2. The minimum atomic E-state index is 0.528. The second-order valence-corrected chi connectivity index (χ2v) is 5.38. The molecule has 2 aromatic carbocycles. The zero-order valence-electron chi connectivity index (χ0n) is 12.3. The average molecular weight is 302 g/mol. The molecule has 0 fully saturated rings. The topological polar surface area (TPSA) is 48.0 Å². The van der Waals surface area contributed by atoms with Gasteiger partial charge in [-0.05, 0) is 17.7 Å². The molecule has 0 saturated carbocycles. The van der Waals surface area contributed by atoms with Crippen LogP contribution in [-0.4, -0.2) is 16.1 Å². The van der Waals surface area contributed by atoms with Gasteiger partial charge in [-0.25, -0.2) is 0 Å². The number of carbonyl (C=O) groups excluding carboxylic acids is 1. The summed E-state index contributed by atoms with van der Waals surface area (Å²) in [5.41, 5.74) is 3.02. The molecule has 0 aliphatic rings. The normalized spacial score (nSPS) is 11.0. The van der Waals surface area contributed by atoms with Crippen molar-refractivity contribution in [3.8, 4) is 11.5 Å². The van der Waals surface area contributed by atoms with E-state index in [9.17, 15) is 4.79 Å². The van der Waals surface area contributed by atoms with Crippen molar-refractivity contribution in [3.63, 3.8) is 0 Å². The van der Waals surface area contributed by atoms with Crippen LogP contribution in [0.15, 0.2) is 71.3 Å². The second-order valence-electron chi connectivity index (χ2n) is 5.38. The molecule has 0 bridgehead atoms. The van der Waals surface area contributed by atoms with Crippen LogP contribution in [-0.2, 0) is 6.54 Å². The predicted molar refractivity (Wildman–Crippen MR) is 88.4 cm³/mol.